The van der Waals surface area contributed by atoms with E-state index in [1.165, 1.54) is 0 Å². The van der Waals surface area contributed by atoms with Crippen molar-refractivity contribution in [1.29, 1.82) is 0 Å². The van der Waals surface area contributed by atoms with Crippen LogP contribution in [0.3, 0.4) is 0 Å². The lowest BCUT2D eigenvalue weighted by Crippen LogP contribution is -2.02. The quantitative estimate of drug-likeness (QED) is 0.685. The maximum Gasteiger partial charge on any atom is 0.276 e. The van der Waals surface area contributed by atoms with Gasteiger partial charge < -0.3 is 8.98 Å². The summed E-state index contributed by atoms with van der Waals surface area (Å²) in [6.45, 7) is 4.60. The van der Waals surface area contributed by atoms with Gasteiger partial charge in [0.05, 0.1) is 11.0 Å². The maximum absolute atomic E-state index is 5.59. The Labute approximate surface area is 115 Å². The van der Waals surface area contributed by atoms with E-state index in [4.69, 9.17) is 4.42 Å². The predicted molar refractivity (Wildman–Crippen MR) is 74.3 cm³/mol. The molecule has 98 valence electrons. The lowest BCUT2D eigenvalue weighted by atomic mass is 10.3. The second-order valence-corrected chi connectivity index (χ2v) is 5.34. The Bertz CT molecular complexity index is 704. The lowest BCUT2D eigenvalue weighted by Gasteiger charge is -2.02. The normalized spacial score (nSPS) is 11.3. The fourth-order valence-electron chi connectivity index (χ4n) is 2.01. The van der Waals surface area contributed by atoms with Crippen molar-refractivity contribution in [2.75, 3.05) is 5.75 Å². The summed E-state index contributed by atoms with van der Waals surface area (Å²) >= 11 is 1.55. The predicted octanol–water partition coefficient (Wildman–Crippen LogP) is 2.89. The first kappa shape index (κ1) is 12.2. The number of aryl methyl sites for hydroxylation is 1. The van der Waals surface area contributed by atoms with Crippen LogP contribution < -0.4 is 0 Å². The monoisotopic (exact) mass is 274 g/mol. The van der Waals surface area contributed by atoms with E-state index in [0.29, 0.717) is 17.7 Å². The molecule has 0 atom stereocenters. The van der Waals surface area contributed by atoms with Crippen molar-refractivity contribution in [1.82, 2.24) is 19.7 Å². The van der Waals surface area contributed by atoms with Crippen LogP contribution in [-0.2, 0) is 6.54 Å². The van der Waals surface area contributed by atoms with Gasteiger partial charge >= 0.3 is 0 Å². The molecular weight excluding hydrogens is 260 g/mol. The molecule has 6 heteroatoms. The third-order valence-electron chi connectivity index (χ3n) is 2.85. The van der Waals surface area contributed by atoms with Crippen LogP contribution >= 0.6 is 11.8 Å². The van der Waals surface area contributed by atoms with Crippen molar-refractivity contribution in [2.24, 2.45) is 0 Å². The van der Waals surface area contributed by atoms with Crippen molar-refractivity contribution in [3.05, 3.63) is 36.0 Å². The lowest BCUT2D eigenvalue weighted by molar-refractivity contribution is 0.404. The van der Waals surface area contributed by atoms with Gasteiger partial charge in [-0.1, -0.05) is 30.8 Å². The minimum absolute atomic E-state index is 0.559. The number of thioether (sulfide) groups is 1. The van der Waals surface area contributed by atoms with Crippen LogP contribution in [0.2, 0.25) is 0 Å². The summed E-state index contributed by atoms with van der Waals surface area (Å²) in [7, 11) is 0. The number of imidazole rings is 1. The molecule has 0 N–H and O–H groups in total. The van der Waals surface area contributed by atoms with E-state index in [2.05, 4.69) is 26.7 Å². The van der Waals surface area contributed by atoms with Gasteiger partial charge in [0.1, 0.15) is 12.4 Å². The SMILES string of the molecule is CCSc1nnc(Cn2c(C)nc3ccccc32)o1. The van der Waals surface area contributed by atoms with E-state index in [-0.39, 0.29) is 0 Å². The number of aromatic nitrogens is 4. The van der Waals surface area contributed by atoms with Crippen LogP contribution in [0.15, 0.2) is 33.9 Å². The molecule has 2 heterocycles. The standard InChI is InChI=1S/C13H14N4OS/c1-3-19-13-16-15-12(18-13)8-17-9(2)14-10-6-4-5-7-11(10)17/h4-7H,3,8H2,1-2H3. The first-order valence-electron chi connectivity index (χ1n) is 6.15. The van der Waals surface area contributed by atoms with Gasteiger partial charge in [-0.25, -0.2) is 4.98 Å². The number of hydrogen-bond acceptors (Lipinski definition) is 5. The highest BCUT2D eigenvalue weighted by molar-refractivity contribution is 7.99. The van der Waals surface area contributed by atoms with E-state index >= 15 is 0 Å². The molecule has 0 amide bonds. The van der Waals surface area contributed by atoms with Crippen molar-refractivity contribution >= 4 is 22.8 Å². The summed E-state index contributed by atoms with van der Waals surface area (Å²) in [5, 5.41) is 8.70. The Balaban J connectivity index is 1.93. The zero-order chi connectivity index (χ0) is 13.2. The first-order chi connectivity index (χ1) is 9.28. The van der Waals surface area contributed by atoms with Gasteiger partial charge in [0.15, 0.2) is 0 Å². The Hall–Kier alpha value is -1.82. The van der Waals surface area contributed by atoms with Crippen molar-refractivity contribution in [2.45, 2.75) is 25.6 Å². The molecule has 5 nitrogen and oxygen atoms in total. The van der Waals surface area contributed by atoms with Crippen LogP contribution in [-0.4, -0.2) is 25.5 Å². The van der Waals surface area contributed by atoms with E-state index in [1.54, 1.807) is 11.8 Å². The van der Waals surface area contributed by atoms with E-state index in [1.807, 2.05) is 31.2 Å². The number of nitrogens with zero attached hydrogens (tertiary/aromatic N) is 4. The van der Waals surface area contributed by atoms with Crippen LogP contribution in [0.25, 0.3) is 11.0 Å². The van der Waals surface area contributed by atoms with Crippen molar-refractivity contribution in [3.63, 3.8) is 0 Å². The van der Waals surface area contributed by atoms with Gasteiger partial charge in [-0.2, -0.15) is 0 Å². The fourth-order valence-corrected chi connectivity index (χ4v) is 2.52. The molecule has 19 heavy (non-hydrogen) atoms. The Kier molecular flexibility index (Phi) is 3.25. The van der Waals surface area contributed by atoms with E-state index < -0.39 is 0 Å². The third kappa shape index (κ3) is 2.35. The molecule has 0 radical (unpaired) electrons. The summed E-state index contributed by atoms with van der Waals surface area (Å²) < 4.78 is 7.68. The van der Waals surface area contributed by atoms with Crippen LogP contribution in [0.5, 0.6) is 0 Å². The van der Waals surface area contributed by atoms with Crippen LogP contribution in [0.1, 0.15) is 18.6 Å². The summed E-state index contributed by atoms with van der Waals surface area (Å²) in [5.41, 5.74) is 2.07. The average molecular weight is 274 g/mol. The van der Waals surface area contributed by atoms with Gasteiger partial charge in [0, 0.05) is 0 Å². The summed E-state index contributed by atoms with van der Waals surface area (Å²) in [6.07, 6.45) is 0. The van der Waals surface area contributed by atoms with Crippen molar-refractivity contribution < 1.29 is 4.42 Å². The maximum atomic E-state index is 5.59. The number of benzene rings is 1. The molecular formula is C13H14N4OS. The highest BCUT2D eigenvalue weighted by Crippen LogP contribution is 2.19. The summed E-state index contributed by atoms with van der Waals surface area (Å²) in [6, 6.07) is 8.05. The minimum Gasteiger partial charge on any atom is -0.414 e. The molecule has 3 aromatic rings. The fraction of sp³-hybridized carbons (Fsp3) is 0.308. The summed E-state index contributed by atoms with van der Waals surface area (Å²) in [4.78, 5) is 4.52. The topological polar surface area (TPSA) is 56.7 Å². The van der Waals surface area contributed by atoms with E-state index in [9.17, 15) is 0 Å². The Morgan fingerprint density at radius 1 is 1.26 bits per heavy atom. The Morgan fingerprint density at radius 2 is 2.11 bits per heavy atom. The molecule has 0 fully saturated rings. The largest absolute Gasteiger partial charge is 0.414 e. The molecule has 0 aliphatic rings. The number of para-hydroxylation sites is 2. The number of hydrogen-bond donors (Lipinski definition) is 0. The van der Waals surface area contributed by atoms with Crippen molar-refractivity contribution in [3.8, 4) is 0 Å². The van der Waals surface area contributed by atoms with Crippen LogP contribution in [0.4, 0.5) is 0 Å². The molecule has 3 rings (SSSR count). The molecule has 0 unspecified atom stereocenters. The smallest absolute Gasteiger partial charge is 0.276 e. The van der Waals surface area contributed by atoms with Gasteiger partial charge in [0.2, 0.25) is 5.89 Å². The molecule has 0 aliphatic heterocycles. The molecule has 0 bridgehead atoms. The van der Waals surface area contributed by atoms with Gasteiger partial charge in [-0.05, 0) is 24.8 Å². The molecule has 0 saturated heterocycles. The molecule has 1 aromatic carbocycles. The first-order valence-corrected chi connectivity index (χ1v) is 7.13. The minimum atomic E-state index is 0.559. The zero-order valence-corrected chi connectivity index (χ0v) is 11.6. The highest BCUT2D eigenvalue weighted by atomic mass is 32.2. The average Bonchev–Trinajstić information content (AvgIpc) is 2.96. The Morgan fingerprint density at radius 3 is 2.95 bits per heavy atom. The second kappa shape index (κ2) is 5.05. The van der Waals surface area contributed by atoms with Gasteiger partial charge in [0.25, 0.3) is 5.22 Å². The van der Waals surface area contributed by atoms with Crippen LogP contribution in [0, 0.1) is 6.92 Å². The molecule has 0 spiro atoms. The second-order valence-electron chi connectivity index (χ2n) is 4.13. The number of rotatable bonds is 4. The highest BCUT2D eigenvalue weighted by Gasteiger charge is 2.11. The molecule has 0 saturated carbocycles. The van der Waals surface area contributed by atoms with Gasteiger partial charge in [-0.15, -0.1) is 10.2 Å². The van der Waals surface area contributed by atoms with Gasteiger partial charge in [-0.3, -0.25) is 0 Å². The molecule has 2 aromatic heterocycles. The summed E-state index contributed by atoms with van der Waals surface area (Å²) in [5.74, 6) is 2.49. The third-order valence-corrected chi connectivity index (χ3v) is 3.56. The zero-order valence-electron chi connectivity index (χ0n) is 10.8. The number of fused-ring (bicyclic) bond motifs is 1. The molecule has 0 aliphatic carbocycles. The van der Waals surface area contributed by atoms with E-state index in [0.717, 1.165) is 22.6 Å².